The van der Waals surface area contributed by atoms with Gasteiger partial charge in [0.15, 0.2) is 9.84 Å². The van der Waals surface area contributed by atoms with Crippen LogP contribution >= 0.6 is 0 Å². The van der Waals surface area contributed by atoms with Gasteiger partial charge in [0.2, 0.25) is 0 Å². The highest BCUT2D eigenvalue weighted by molar-refractivity contribution is 7.91. The molecule has 0 saturated carbocycles. The van der Waals surface area contributed by atoms with Crippen LogP contribution in [-0.4, -0.2) is 27.2 Å². The first-order valence-electron chi connectivity index (χ1n) is 4.53. The minimum absolute atomic E-state index is 0.0863. The minimum Gasteiger partial charge on any atom is -0.465 e. The topological polar surface area (TPSA) is 60.4 Å². The molecule has 88 valence electrons. The van der Waals surface area contributed by atoms with Crippen LogP contribution in [0.25, 0.3) is 0 Å². The quantitative estimate of drug-likeness (QED) is 0.597. The molecule has 0 aromatic heterocycles. The van der Waals surface area contributed by atoms with Crippen LogP contribution in [0.15, 0.2) is 23.1 Å². The summed E-state index contributed by atoms with van der Waals surface area (Å²) in [5.41, 5.74) is -0.378. The fourth-order valence-corrected chi connectivity index (χ4v) is 2.04. The van der Waals surface area contributed by atoms with Gasteiger partial charge in [0.25, 0.3) is 0 Å². The van der Waals surface area contributed by atoms with Gasteiger partial charge in [-0.15, -0.1) is 0 Å². The number of halogens is 1. The molecule has 1 rings (SSSR count). The van der Waals surface area contributed by atoms with Crippen LogP contribution in [0.3, 0.4) is 0 Å². The number of sulfone groups is 1. The number of ether oxygens (including phenoxy) is 1. The number of esters is 1. The molecule has 0 unspecified atom stereocenters. The van der Waals surface area contributed by atoms with Gasteiger partial charge >= 0.3 is 5.97 Å². The number of methoxy groups -OCH3 is 1. The first-order valence-corrected chi connectivity index (χ1v) is 6.18. The molecule has 0 bridgehead atoms. The zero-order valence-corrected chi connectivity index (χ0v) is 9.67. The Bertz CT molecular complexity index is 508. The van der Waals surface area contributed by atoms with Crippen LogP contribution in [0.4, 0.5) is 4.39 Å². The van der Waals surface area contributed by atoms with Crippen molar-refractivity contribution >= 4 is 15.8 Å². The van der Waals surface area contributed by atoms with Gasteiger partial charge in [-0.25, -0.2) is 17.6 Å². The van der Waals surface area contributed by atoms with Gasteiger partial charge in [-0.05, 0) is 18.2 Å². The highest BCUT2D eigenvalue weighted by Crippen LogP contribution is 2.17. The molecule has 4 nitrogen and oxygen atoms in total. The summed E-state index contributed by atoms with van der Waals surface area (Å²) in [5, 5.41) is 0. The Labute approximate surface area is 93.0 Å². The van der Waals surface area contributed by atoms with Gasteiger partial charge in [-0.1, -0.05) is 6.92 Å². The molecule has 0 spiro atoms. The normalized spacial score (nSPS) is 11.2. The first-order chi connectivity index (χ1) is 7.42. The van der Waals surface area contributed by atoms with Crippen LogP contribution in [0.1, 0.15) is 17.3 Å². The second-order valence-electron chi connectivity index (χ2n) is 3.04. The number of hydrogen-bond donors (Lipinski definition) is 0. The second-order valence-corrected chi connectivity index (χ2v) is 5.31. The number of carbonyl (C=O) groups is 1. The van der Waals surface area contributed by atoms with E-state index in [1.807, 2.05) is 0 Å². The lowest BCUT2D eigenvalue weighted by molar-refractivity contribution is 0.0595. The maximum absolute atomic E-state index is 13.2. The Morgan fingerprint density at radius 3 is 2.56 bits per heavy atom. The molecule has 0 radical (unpaired) electrons. The van der Waals surface area contributed by atoms with Crippen molar-refractivity contribution in [1.29, 1.82) is 0 Å². The minimum atomic E-state index is -3.45. The summed E-state index contributed by atoms with van der Waals surface area (Å²) >= 11 is 0. The third-order valence-corrected chi connectivity index (χ3v) is 3.81. The third-order valence-electron chi connectivity index (χ3n) is 2.08. The number of carbonyl (C=O) groups excluding carboxylic acids is 1. The average Bonchev–Trinajstić information content (AvgIpc) is 2.28. The molecule has 0 fully saturated rings. The molecule has 16 heavy (non-hydrogen) atoms. The lowest BCUT2D eigenvalue weighted by Gasteiger charge is -2.05. The number of benzene rings is 1. The molecule has 0 amide bonds. The summed E-state index contributed by atoms with van der Waals surface area (Å²) in [7, 11) is -2.35. The Morgan fingerprint density at radius 2 is 2.06 bits per heavy atom. The van der Waals surface area contributed by atoms with E-state index in [1.54, 1.807) is 0 Å². The van der Waals surface area contributed by atoms with E-state index in [0.717, 1.165) is 25.3 Å². The Morgan fingerprint density at radius 1 is 1.44 bits per heavy atom. The van der Waals surface area contributed by atoms with Crippen LogP contribution in [-0.2, 0) is 14.6 Å². The molecule has 0 aliphatic carbocycles. The van der Waals surface area contributed by atoms with Crippen molar-refractivity contribution in [2.75, 3.05) is 12.9 Å². The van der Waals surface area contributed by atoms with Gasteiger partial charge in [-0.3, -0.25) is 0 Å². The summed E-state index contributed by atoms with van der Waals surface area (Å²) in [4.78, 5) is 11.1. The van der Waals surface area contributed by atoms with E-state index in [-0.39, 0.29) is 16.2 Å². The van der Waals surface area contributed by atoms with Crippen molar-refractivity contribution in [3.63, 3.8) is 0 Å². The van der Waals surface area contributed by atoms with E-state index in [4.69, 9.17) is 0 Å². The fraction of sp³-hybridized carbons (Fsp3) is 0.300. The maximum atomic E-state index is 13.2. The van der Waals surface area contributed by atoms with E-state index in [0.29, 0.717) is 0 Å². The maximum Gasteiger partial charge on any atom is 0.340 e. The lowest BCUT2D eigenvalue weighted by atomic mass is 10.2. The van der Waals surface area contributed by atoms with E-state index in [1.165, 1.54) is 6.92 Å². The van der Waals surface area contributed by atoms with Crippen molar-refractivity contribution < 1.29 is 22.3 Å². The molecular formula is C10H11FO4S. The highest BCUT2D eigenvalue weighted by atomic mass is 32.2. The van der Waals surface area contributed by atoms with Crippen LogP contribution in [0, 0.1) is 5.82 Å². The molecule has 0 N–H and O–H groups in total. The van der Waals surface area contributed by atoms with Crippen molar-refractivity contribution in [2.24, 2.45) is 0 Å². The van der Waals surface area contributed by atoms with E-state index in [9.17, 15) is 17.6 Å². The molecule has 0 heterocycles. The molecule has 0 saturated heterocycles. The predicted octanol–water partition coefficient (Wildman–Crippen LogP) is 1.41. The highest BCUT2D eigenvalue weighted by Gasteiger charge is 2.18. The fourth-order valence-electron chi connectivity index (χ4n) is 1.13. The van der Waals surface area contributed by atoms with E-state index >= 15 is 0 Å². The van der Waals surface area contributed by atoms with Gasteiger partial charge in [-0.2, -0.15) is 0 Å². The molecule has 6 heteroatoms. The van der Waals surface area contributed by atoms with Crippen molar-refractivity contribution in [3.8, 4) is 0 Å². The second kappa shape index (κ2) is 4.61. The van der Waals surface area contributed by atoms with Crippen molar-refractivity contribution in [3.05, 3.63) is 29.6 Å². The molecule has 0 atom stereocenters. The zero-order valence-electron chi connectivity index (χ0n) is 8.86. The van der Waals surface area contributed by atoms with Crippen LogP contribution in [0.2, 0.25) is 0 Å². The Balaban J connectivity index is 3.34. The molecular weight excluding hydrogens is 235 g/mol. The Kier molecular flexibility index (Phi) is 3.64. The van der Waals surface area contributed by atoms with Crippen LogP contribution < -0.4 is 0 Å². The van der Waals surface area contributed by atoms with E-state index in [2.05, 4.69) is 4.74 Å². The van der Waals surface area contributed by atoms with Gasteiger partial charge in [0, 0.05) is 0 Å². The van der Waals surface area contributed by atoms with Gasteiger partial charge in [0.05, 0.1) is 23.3 Å². The molecule has 0 aliphatic heterocycles. The summed E-state index contributed by atoms with van der Waals surface area (Å²) in [5.74, 6) is -1.81. The van der Waals surface area contributed by atoms with Gasteiger partial charge < -0.3 is 4.74 Å². The monoisotopic (exact) mass is 246 g/mol. The first kappa shape index (κ1) is 12.6. The van der Waals surface area contributed by atoms with Crippen molar-refractivity contribution in [1.82, 2.24) is 0 Å². The molecule has 1 aromatic carbocycles. The largest absolute Gasteiger partial charge is 0.465 e. The smallest absolute Gasteiger partial charge is 0.340 e. The SMILES string of the molecule is CCS(=O)(=O)c1ccc(F)c(C(=O)OC)c1. The summed E-state index contributed by atoms with van der Waals surface area (Å²) < 4.78 is 40.5. The molecule has 1 aromatic rings. The summed E-state index contributed by atoms with van der Waals surface area (Å²) in [6.45, 7) is 1.47. The van der Waals surface area contributed by atoms with Crippen molar-refractivity contribution in [2.45, 2.75) is 11.8 Å². The lowest BCUT2D eigenvalue weighted by Crippen LogP contribution is -2.09. The van der Waals surface area contributed by atoms with Crippen LogP contribution in [0.5, 0.6) is 0 Å². The third kappa shape index (κ3) is 2.38. The summed E-state index contributed by atoms with van der Waals surface area (Å²) in [6.07, 6.45) is 0. The molecule has 0 aliphatic rings. The summed E-state index contributed by atoms with van der Waals surface area (Å²) in [6, 6.07) is 3.05. The zero-order chi connectivity index (χ0) is 12.3. The standard InChI is InChI=1S/C10H11FO4S/c1-3-16(13,14)7-4-5-9(11)8(6-7)10(12)15-2/h4-6H,3H2,1-2H3. The predicted molar refractivity (Wildman–Crippen MR) is 55.5 cm³/mol. The van der Waals surface area contributed by atoms with E-state index < -0.39 is 21.6 Å². The number of hydrogen-bond acceptors (Lipinski definition) is 4. The van der Waals surface area contributed by atoms with Gasteiger partial charge in [0.1, 0.15) is 5.82 Å². The number of rotatable bonds is 3. The Hall–Kier alpha value is -1.43. The average molecular weight is 246 g/mol.